The number of rotatable bonds is 3. The van der Waals surface area contributed by atoms with Crippen LogP contribution in [-0.4, -0.2) is 24.0 Å². The number of hydrogen-bond acceptors (Lipinski definition) is 3. The van der Waals surface area contributed by atoms with Gasteiger partial charge in [-0.3, -0.25) is 4.79 Å². The Morgan fingerprint density at radius 1 is 1.50 bits per heavy atom. The van der Waals surface area contributed by atoms with Gasteiger partial charge in [-0.15, -0.1) is 0 Å². The van der Waals surface area contributed by atoms with E-state index < -0.39 is 0 Å². The quantitative estimate of drug-likeness (QED) is 0.885. The Labute approximate surface area is 112 Å². The van der Waals surface area contributed by atoms with Crippen LogP contribution in [-0.2, 0) is 0 Å². The minimum absolute atomic E-state index is 0.0918. The van der Waals surface area contributed by atoms with Gasteiger partial charge in [0.05, 0.1) is 10.6 Å². The van der Waals surface area contributed by atoms with Gasteiger partial charge in [0, 0.05) is 19.3 Å². The smallest absolute Gasteiger partial charge is 0.253 e. The summed E-state index contributed by atoms with van der Waals surface area (Å²) in [5, 5.41) is 6.38. The molecule has 1 aromatic heterocycles. The van der Waals surface area contributed by atoms with Crippen molar-refractivity contribution in [2.45, 2.75) is 32.2 Å². The summed E-state index contributed by atoms with van der Waals surface area (Å²) in [5.41, 5.74) is 0.512. The van der Waals surface area contributed by atoms with Crippen LogP contribution in [0, 0.1) is 5.92 Å². The molecule has 0 aliphatic heterocycles. The Bertz CT molecular complexity index is 450. The van der Waals surface area contributed by atoms with E-state index in [1.807, 2.05) is 0 Å². The number of carbonyl (C=O) groups is 1. The number of nitrogens with one attached hydrogen (secondary N) is 2. The van der Waals surface area contributed by atoms with Crippen molar-refractivity contribution in [3.05, 3.63) is 22.8 Å². The van der Waals surface area contributed by atoms with Gasteiger partial charge in [-0.1, -0.05) is 24.9 Å². The topological polar surface area (TPSA) is 54.0 Å². The summed E-state index contributed by atoms with van der Waals surface area (Å²) < 4.78 is 0. The first-order valence-electron chi connectivity index (χ1n) is 6.26. The van der Waals surface area contributed by atoms with Crippen molar-refractivity contribution in [2.24, 2.45) is 5.92 Å². The lowest BCUT2D eigenvalue weighted by atomic mass is 10.1. The Morgan fingerprint density at radius 3 is 2.83 bits per heavy atom. The average Bonchev–Trinajstić information content (AvgIpc) is 2.75. The van der Waals surface area contributed by atoms with Crippen LogP contribution in [0.1, 0.15) is 36.5 Å². The van der Waals surface area contributed by atoms with Gasteiger partial charge in [0.1, 0.15) is 5.82 Å². The second-order valence-corrected chi connectivity index (χ2v) is 5.20. The molecular formula is C13H18ClN3O. The van der Waals surface area contributed by atoms with Crippen LogP contribution >= 0.6 is 11.6 Å². The summed E-state index contributed by atoms with van der Waals surface area (Å²) >= 11 is 6.01. The minimum Gasteiger partial charge on any atom is -0.372 e. The first kappa shape index (κ1) is 13.1. The first-order valence-corrected chi connectivity index (χ1v) is 6.63. The molecule has 1 aliphatic rings. The van der Waals surface area contributed by atoms with E-state index in [4.69, 9.17) is 11.6 Å². The molecule has 1 fully saturated rings. The van der Waals surface area contributed by atoms with Crippen molar-refractivity contribution in [1.82, 2.24) is 10.3 Å². The van der Waals surface area contributed by atoms with Crippen LogP contribution in [0.2, 0.25) is 5.02 Å². The molecular weight excluding hydrogens is 250 g/mol. The standard InChI is InChI=1S/C13H18ClN3O/c1-8-4-3-5-11(8)17-13(18)9-6-10(14)12(15-2)16-7-9/h6-8,11H,3-5H2,1-2H3,(H,15,16)(H,17,18). The molecule has 0 bridgehead atoms. The maximum atomic E-state index is 12.1. The van der Waals surface area contributed by atoms with E-state index >= 15 is 0 Å². The Kier molecular flexibility index (Phi) is 4.07. The van der Waals surface area contributed by atoms with Gasteiger partial charge in [0.15, 0.2) is 0 Å². The zero-order valence-corrected chi connectivity index (χ0v) is 11.4. The maximum Gasteiger partial charge on any atom is 0.253 e. The molecule has 2 N–H and O–H groups in total. The lowest BCUT2D eigenvalue weighted by Crippen LogP contribution is -2.36. The highest BCUT2D eigenvalue weighted by atomic mass is 35.5. The summed E-state index contributed by atoms with van der Waals surface area (Å²) in [6.07, 6.45) is 4.97. The zero-order valence-electron chi connectivity index (χ0n) is 10.7. The summed E-state index contributed by atoms with van der Waals surface area (Å²) in [6, 6.07) is 1.93. The van der Waals surface area contributed by atoms with Gasteiger partial charge in [-0.25, -0.2) is 4.98 Å². The summed E-state index contributed by atoms with van der Waals surface area (Å²) in [7, 11) is 1.74. The van der Waals surface area contributed by atoms with E-state index in [2.05, 4.69) is 22.5 Å². The van der Waals surface area contributed by atoms with E-state index in [1.165, 1.54) is 12.8 Å². The predicted octanol–water partition coefficient (Wildman–Crippen LogP) is 2.70. The molecule has 0 aromatic carbocycles. The van der Waals surface area contributed by atoms with Crippen molar-refractivity contribution in [2.75, 3.05) is 12.4 Å². The number of anilines is 1. The van der Waals surface area contributed by atoms with Gasteiger partial charge in [-0.2, -0.15) is 0 Å². The summed E-state index contributed by atoms with van der Waals surface area (Å²) in [5.74, 6) is 1.04. The Hall–Kier alpha value is -1.29. The molecule has 1 aromatic rings. The maximum absolute atomic E-state index is 12.1. The van der Waals surface area contributed by atoms with Crippen molar-refractivity contribution in [1.29, 1.82) is 0 Å². The van der Waals surface area contributed by atoms with Gasteiger partial charge in [0.25, 0.3) is 5.91 Å². The second-order valence-electron chi connectivity index (χ2n) is 4.79. The fourth-order valence-electron chi connectivity index (χ4n) is 2.36. The molecule has 5 heteroatoms. The molecule has 18 heavy (non-hydrogen) atoms. The monoisotopic (exact) mass is 267 g/mol. The molecule has 0 saturated heterocycles. The fourth-order valence-corrected chi connectivity index (χ4v) is 2.62. The number of hydrogen-bond donors (Lipinski definition) is 2. The minimum atomic E-state index is -0.0918. The molecule has 0 spiro atoms. The average molecular weight is 268 g/mol. The number of halogens is 1. The van der Waals surface area contributed by atoms with Crippen LogP contribution in [0.3, 0.4) is 0 Å². The van der Waals surface area contributed by atoms with E-state index in [-0.39, 0.29) is 11.9 Å². The fraction of sp³-hybridized carbons (Fsp3) is 0.538. The number of carbonyl (C=O) groups excluding carboxylic acids is 1. The SMILES string of the molecule is CNc1ncc(C(=O)NC2CCCC2C)cc1Cl. The van der Waals surface area contributed by atoms with Gasteiger partial charge in [0.2, 0.25) is 0 Å². The van der Waals surface area contributed by atoms with Crippen LogP contribution < -0.4 is 10.6 Å². The number of amides is 1. The highest BCUT2D eigenvalue weighted by molar-refractivity contribution is 6.33. The third-order valence-electron chi connectivity index (χ3n) is 3.52. The molecule has 1 saturated carbocycles. The van der Waals surface area contributed by atoms with Crippen molar-refractivity contribution in [3.63, 3.8) is 0 Å². The normalized spacial score (nSPS) is 22.8. The Morgan fingerprint density at radius 2 is 2.28 bits per heavy atom. The summed E-state index contributed by atoms with van der Waals surface area (Å²) in [6.45, 7) is 2.17. The second kappa shape index (κ2) is 5.57. The molecule has 2 unspecified atom stereocenters. The van der Waals surface area contributed by atoms with Crippen molar-refractivity contribution in [3.8, 4) is 0 Å². The van der Waals surface area contributed by atoms with E-state index in [0.29, 0.717) is 22.3 Å². The Balaban J connectivity index is 2.07. The predicted molar refractivity (Wildman–Crippen MR) is 73.1 cm³/mol. The van der Waals surface area contributed by atoms with Gasteiger partial charge >= 0.3 is 0 Å². The van der Waals surface area contributed by atoms with Crippen molar-refractivity contribution < 1.29 is 4.79 Å². The molecule has 0 radical (unpaired) electrons. The van der Waals surface area contributed by atoms with Crippen LogP contribution in [0.5, 0.6) is 0 Å². The largest absolute Gasteiger partial charge is 0.372 e. The van der Waals surface area contributed by atoms with E-state index in [0.717, 1.165) is 6.42 Å². The molecule has 2 rings (SSSR count). The number of aromatic nitrogens is 1. The van der Waals surface area contributed by atoms with Gasteiger partial charge in [-0.05, 0) is 24.8 Å². The molecule has 4 nitrogen and oxygen atoms in total. The van der Waals surface area contributed by atoms with Crippen LogP contribution in [0.4, 0.5) is 5.82 Å². The summed E-state index contributed by atoms with van der Waals surface area (Å²) in [4.78, 5) is 16.2. The lowest BCUT2D eigenvalue weighted by molar-refractivity contribution is 0.0929. The molecule has 98 valence electrons. The molecule has 1 aliphatic carbocycles. The van der Waals surface area contributed by atoms with Gasteiger partial charge < -0.3 is 10.6 Å². The zero-order chi connectivity index (χ0) is 13.1. The molecule has 2 atom stereocenters. The highest BCUT2D eigenvalue weighted by Gasteiger charge is 2.25. The van der Waals surface area contributed by atoms with Crippen molar-refractivity contribution >= 4 is 23.3 Å². The van der Waals surface area contributed by atoms with Crippen LogP contribution in [0.15, 0.2) is 12.3 Å². The lowest BCUT2D eigenvalue weighted by Gasteiger charge is -2.17. The van der Waals surface area contributed by atoms with E-state index in [9.17, 15) is 4.79 Å². The number of nitrogens with zero attached hydrogens (tertiary/aromatic N) is 1. The van der Waals surface area contributed by atoms with E-state index in [1.54, 1.807) is 19.3 Å². The number of pyridine rings is 1. The highest BCUT2D eigenvalue weighted by Crippen LogP contribution is 2.25. The first-order chi connectivity index (χ1) is 8.61. The molecule has 1 amide bonds. The van der Waals surface area contributed by atoms with Crippen LogP contribution in [0.25, 0.3) is 0 Å². The third kappa shape index (κ3) is 2.75. The third-order valence-corrected chi connectivity index (χ3v) is 3.81. The molecule has 1 heterocycles.